The Labute approximate surface area is 206 Å². The van der Waals surface area contributed by atoms with Gasteiger partial charge in [-0.15, -0.1) is 0 Å². The van der Waals surface area contributed by atoms with E-state index in [9.17, 15) is 9.59 Å². The maximum atomic E-state index is 13.2. The number of amides is 2. The lowest BCUT2D eigenvalue weighted by atomic mass is 10.1. The zero-order chi connectivity index (χ0) is 24.3. The molecule has 1 N–H and O–H groups in total. The Morgan fingerprint density at radius 3 is 1.86 bits per heavy atom. The van der Waals surface area contributed by atoms with Gasteiger partial charge in [0, 0.05) is 18.3 Å². The molecule has 4 nitrogen and oxygen atoms in total. The van der Waals surface area contributed by atoms with Crippen LogP contribution in [0.4, 0.5) is 5.69 Å². The van der Waals surface area contributed by atoms with Crippen LogP contribution in [0.3, 0.4) is 0 Å². The van der Waals surface area contributed by atoms with Crippen LogP contribution in [-0.4, -0.2) is 11.8 Å². The highest BCUT2D eigenvalue weighted by Gasteiger charge is 2.14. The Bertz CT molecular complexity index is 1250. The van der Waals surface area contributed by atoms with Gasteiger partial charge in [0.15, 0.2) is 0 Å². The molecular formula is C31H28N2O2. The van der Waals surface area contributed by atoms with Crippen molar-refractivity contribution in [1.82, 2.24) is 5.32 Å². The summed E-state index contributed by atoms with van der Waals surface area (Å²) in [6.07, 6.45) is 3.71. The number of hydrogen-bond donors (Lipinski definition) is 1. The van der Waals surface area contributed by atoms with Crippen LogP contribution in [0.15, 0.2) is 121 Å². The minimum atomic E-state index is -0.105. The van der Waals surface area contributed by atoms with Gasteiger partial charge in [-0.2, -0.15) is 0 Å². The fourth-order valence-electron chi connectivity index (χ4n) is 3.72. The van der Waals surface area contributed by atoms with Crippen molar-refractivity contribution in [3.8, 4) is 0 Å². The molecule has 0 radical (unpaired) electrons. The van der Waals surface area contributed by atoms with Crippen LogP contribution in [0.1, 0.15) is 22.3 Å². The molecule has 2 amide bonds. The second kappa shape index (κ2) is 12.1. The third kappa shape index (κ3) is 7.27. The van der Waals surface area contributed by atoms with Gasteiger partial charge in [0.05, 0.1) is 13.0 Å². The number of nitrogens with zero attached hydrogens (tertiary/aromatic N) is 1. The molecule has 4 aromatic carbocycles. The zero-order valence-electron chi connectivity index (χ0n) is 19.5. The van der Waals surface area contributed by atoms with Gasteiger partial charge >= 0.3 is 0 Å². The number of hydrogen-bond acceptors (Lipinski definition) is 2. The molecule has 0 saturated carbocycles. The predicted molar refractivity (Wildman–Crippen MR) is 142 cm³/mol. The SMILES string of the molecule is O=C(Cc1ccc(N(Cc2ccccc2)C(=O)C=Cc2ccccc2)cc1)NCc1ccccc1. The van der Waals surface area contributed by atoms with Crippen LogP contribution in [0, 0.1) is 0 Å². The standard InChI is InChI=1S/C31H28N2O2/c34-30(32-23-27-12-6-2-7-13-27)22-26-16-19-29(20-17-26)33(24-28-14-8-3-9-15-28)31(35)21-18-25-10-4-1-5-11-25/h1-21H,22-24H2,(H,32,34). The van der Waals surface area contributed by atoms with E-state index in [0.29, 0.717) is 13.1 Å². The molecule has 0 aliphatic carbocycles. The molecular weight excluding hydrogens is 432 g/mol. The molecule has 0 aliphatic heterocycles. The van der Waals surface area contributed by atoms with Crippen molar-refractivity contribution in [2.75, 3.05) is 4.90 Å². The molecule has 0 aliphatic rings. The van der Waals surface area contributed by atoms with Gasteiger partial charge in [-0.3, -0.25) is 9.59 Å². The van der Waals surface area contributed by atoms with E-state index in [-0.39, 0.29) is 18.2 Å². The van der Waals surface area contributed by atoms with Gasteiger partial charge < -0.3 is 10.2 Å². The fraction of sp³-hybridized carbons (Fsp3) is 0.0968. The number of carbonyl (C=O) groups excluding carboxylic acids is 2. The van der Waals surface area contributed by atoms with E-state index in [1.807, 2.05) is 121 Å². The summed E-state index contributed by atoms with van der Waals surface area (Å²) in [6, 6.07) is 37.1. The van der Waals surface area contributed by atoms with Gasteiger partial charge in [-0.05, 0) is 40.5 Å². The lowest BCUT2D eigenvalue weighted by Crippen LogP contribution is -2.28. The Kier molecular flexibility index (Phi) is 8.23. The Morgan fingerprint density at radius 2 is 1.23 bits per heavy atom. The molecule has 0 fully saturated rings. The highest BCUT2D eigenvalue weighted by atomic mass is 16.2. The van der Waals surface area contributed by atoms with Gasteiger partial charge in [0.2, 0.25) is 5.91 Å². The zero-order valence-corrected chi connectivity index (χ0v) is 19.5. The van der Waals surface area contributed by atoms with Crippen molar-refractivity contribution >= 4 is 23.6 Å². The lowest BCUT2D eigenvalue weighted by molar-refractivity contribution is -0.120. The van der Waals surface area contributed by atoms with Crippen LogP contribution in [-0.2, 0) is 29.1 Å². The smallest absolute Gasteiger partial charge is 0.251 e. The molecule has 0 unspecified atom stereocenters. The summed E-state index contributed by atoms with van der Waals surface area (Å²) in [6.45, 7) is 0.959. The number of benzene rings is 4. The molecule has 0 bridgehead atoms. The van der Waals surface area contributed by atoms with E-state index in [1.165, 1.54) is 0 Å². The maximum absolute atomic E-state index is 13.2. The number of anilines is 1. The summed E-state index contributed by atoms with van der Waals surface area (Å²) < 4.78 is 0. The third-order valence-corrected chi connectivity index (χ3v) is 5.61. The minimum absolute atomic E-state index is 0.0374. The number of nitrogens with one attached hydrogen (secondary N) is 1. The van der Waals surface area contributed by atoms with E-state index in [1.54, 1.807) is 11.0 Å². The van der Waals surface area contributed by atoms with Crippen molar-refractivity contribution in [1.29, 1.82) is 0 Å². The average molecular weight is 461 g/mol. The molecule has 0 aromatic heterocycles. The second-order valence-electron chi connectivity index (χ2n) is 8.26. The molecule has 4 heteroatoms. The van der Waals surface area contributed by atoms with Crippen LogP contribution in [0.2, 0.25) is 0 Å². The summed E-state index contributed by atoms with van der Waals surface area (Å²) in [5.74, 6) is -0.143. The quantitative estimate of drug-likeness (QED) is 0.321. The van der Waals surface area contributed by atoms with Gasteiger partial charge in [0.1, 0.15) is 0 Å². The Morgan fingerprint density at radius 1 is 0.657 bits per heavy atom. The predicted octanol–water partition coefficient (Wildman–Crippen LogP) is 5.79. The molecule has 174 valence electrons. The molecule has 0 spiro atoms. The highest BCUT2D eigenvalue weighted by Crippen LogP contribution is 2.20. The van der Waals surface area contributed by atoms with Crippen LogP contribution >= 0.6 is 0 Å². The first-order valence-electron chi connectivity index (χ1n) is 11.7. The van der Waals surface area contributed by atoms with E-state index >= 15 is 0 Å². The summed E-state index contributed by atoms with van der Waals surface area (Å²) in [5, 5.41) is 2.96. The topological polar surface area (TPSA) is 49.4 Å². The van der Waals surface area contributed by atoms with Gasteiger partial charge in [-0.25, -0.2) is 0 Å². The largest absolute Gasteiger partial charge is 0.352 e. The van der Waals surface area contributed by atoms with Crippen molar-refractivity contribution < 1.29 is 9.59 Å². The summed E-state index contributed by atoms with van der Waals surface area (Å²) in [5.41, 5.74) is 4.75. The highest BCUT2D eigenvalue weighted by molar-refractivity contribution is 6.03. The lowest BCUT2D eigenvalue weighted by Gasteiger charge is -2.22. The minimum Gasteiger partial charge on any atom is -0.352 e. The Balaban J connectivity index is 1.45. The third-order valence-electron chi connectivity index (χ3n) is 5.61. The number of rotatable bonds is 9. The van der Waals surface area contributed by atoms with Crippen molar-refractivity contribution in [3.05, 3.63) is 144 Å². The van der Waals surface area contributed by atoms with Crippen LogP contribution < -0.4 is 10.2 Å². The van der Waals surface area contributed by atoms with Gasteiger partial charge in [0.25, 0.3) is 5.91 Å². The summed E-state index contributed by atoms with van der Waals surface area (Å²) in [4.78, 5) is 27.3. The van der Waals surface area contributed by atoms with E-state index in [2.05, 4.69) is 5.32 Å². The van der Waals surface area contributed by atoms with E-state index in [0.717, 1.165) is 27.9 Å². The first kappa shape index (κ1) is 23.7. The first-order chi connectivity index (χ1) is 17.2. The monoisotopic (exact) mass is 460 g/mol. The van der Waals surface area contributed by atoms with Crippen molar-refractivity contribution in [2.45, 2.75) is 19.5 Å². The fourth-order valence-corrected chi connectivity index (χ4v) is 3.72. The van der Waals surface area contributed by atoms with E-state index in [4.69, 9.17) is 0 Å². The second-order valence-corrected chi connectivity index (χ2v) is 8.26. The number of carbonyl (C=O) groups is 2. The molecule has 0 atom stereocenters. The van der Waals surface area contributed by atoms with Crippen molar-refractivity contribution in [3.63, 3.8) is 0 Å². The van der Waals surface area contributed by atoms with Crippen LogP contribution in [0.5, 0.6) is 0 Å². The van der Waals surface area contributed by atoms with Crippen LogP contribution in [0.25, 0.3) is 6.08 Å². The average Bonchev–Trinajstić information content (AvgIpc) is 2.91. The normalized spacial score (nSPS) is 10.7. The molecule has 0 saturated heterocycles. The van der Waals surface area contributed by atoms with Crippen molar-refractivity contribution in [2.24, 2.45) is 0 Å². The first-order valence-corrected chi connectivity index (χ1v) is 11.7. The molecule has 4 aromatic rings. The molecule has 4 rings (SSSR count). The summed E-state index contributed by atoms with van der Waals surface area (Å²) in [7, 11) is 0. The maximum Gasteiger partial charge on any atom is 0.251 e. The van der Waals surface area contributed by atoms with E-state index < -0.39 is 0 Å². The summed E-state index contributed by atoms with van der Waals surface area (Å²) >= 11 is 0. The van der Waals surface area contributed by atoms with Gasteiger partial charge in [-0.1, -0.05) is 103 Å². The molecule has 35 heavy (non-hydrogen) atoms. The Hall–Kier alpha value is -4.44. The molecule has 0 heterocycles.